The molecule has 1 aromatic carbocycles. The molecule has 7 nitrogen and oxygen atoms in total. The maximum absolute atomic E-state index is 12.3. The van der Waals surface area contributed by atoms with E-state index in [-0.39, 0.29) is 5.91 Å². The fourth-order valence-corrected chi connectivity index (χ4v) is 2.78. The quantitative estimate of drug-likeness (QED) is 0.364. The van der Waals surface area contributed by atoms with Gasteiger partial charge >= 0.3 is 0 Å². The topological polar surface area (TPSA) is 91.9 Å². The van der Waals surface area contributed by atoms with Crippen molar-refractivity contribution >= 4 is 17.7 Å². The van der Waals surface area contributed by atoms with E-state index in [1.807, 2.05) is 37.3 Å². The third-order valence-electron chi connectivity index (χ3n) is 4.25. The highest BCUT2D eigenvalue weighted by Crippen LogP contribution is 2.22. The summed E-state index contributed by atoms with van der Waals surface area (Å²) < 4.78 is 5.29. The molecule has 0 fully saturated rings. The summed E-state index contributed by atoms with van der Waals surface area (Å²) in [5, 5.41) is 13.0. The standard InChI is InChI=1S/C22H25N5O2/c1-2-29-12-11-24-13-17-3-6-20(7-4-17)27-22(28)8-5-18-14-23-10-9-21(18)19-15-25-26-16-19/h3-10,14-16,24H,2,11-13H2,1H3,(H,25,26)(H,27,28)/b8-5+. The number of nitrogens with one attached hydrogen (secondary N) is 3. The maximum atomic E-state index is 12.3. The van der Waals surface area contributed by atoms with Gasteiger partial charge in [0.05, 0.1) is 12.8 Å². The number of hydrogen-bond acceptors (Lipinski definition) is 5. The van der Waals surface area contributed by atoms with Crippen LogP contribution in [0.25, 0.3) is 17.2 Å². The zero-order chi connectivity index (χ0) is 20.3. The number of carbonyl (C=O) groups excluding carboxylic acids is 1. The van der Waals surface area contributed by atoms with Crippen molar-refractivity contribution in [2.24, 2.45) is 0 Å². The van der Waals surface area contributed by atoms with Crippen LogP contribution in [0, 0.1) is 0 Å². The number of amides is 1. The normalized spacial score (nSPS) is 11.1. The molecule has 0 unspecified atom stereocenters. The zero-order valence-corrected chi connectivity index (χ0v) is 16.4. The predicted octanol–water partition coefficient (Wildman–Crippen LogP) is 3.25. The Kier molecular flexibility index (Phi) is 7.68. The van der Waals surface area contributed by atoms with Gasteiger partial charge in [0.25, 0.3) is 0 Å². The Bertz CT molecular complexity index is 921. The minimum Gasteiger partial charge on any atom is -0.380 e. The fourth-order valence-electron chi connectivity index (χ4n) is 2.78. The number of aromatic nitrogens is 3. The molecule has 0 aliphatic carbocycles. The number of ether oxygens (including phenoxy) is 1. The number of benzene rings is 1. The Morgan fingerprint density at radius 1 is 1.21 bits per heavy atom. The Labute approximate surface area is 170 Å². The largest absolute Gasteiger partial charge is 0.380 e. The Balaban J connectivity index is 1.53. The maximum Gasteiger partial charge on any atom is 0.248 e. The lowest BCUT2D eigenvalue weighted by Crippen LogP contribution is -2.19. The van der Waals surface area contributed by atoms with Crippen molar-refractivity contribution in [2.45, 2.75) is 13.5 Å². The molecule has 7 heteroatoms. The zero-order valence-electron chi connectivity index (χ0n) is 16.4. The highest BCUT2D eigenvalue weighted by molar-refractivity contribution is 6.02. The first-order valence-corrected chi connectivity index (χ1v) is 9.56. The third kappa shape index (κ3) is 6.38. The number of pyridine rings is 1. The van der Waals surface area contributed by atoms with E-state index >= 15 is 0 Å². The van der Waals surface area contributed by atoms with Crippen LogP contribution < -0.4 is 10.6 Å². The van der Waals surface area contributed by atoms with Crippen LogP contribution in [0.5, 0.6) is 0 Å². The van der Waals surface area contributed by atoms with Gasteiger partial charge in [-0.15, -0.1) is 0 Å². The van der Waals surface area contributed by atoms with E-state index in [1.165, 1.54) is 6.08 Å². The molecule has 0 saturated carbocycles. The molecule has 0 atom stereocenters. The summed E-state index contributed by atoms with van der Waals surface area (Å²) >= 11 is 0. The monoisotopic (exact) mass is 391 g/mol. The van der Waals surface area contributed by atoms with Crippen molar-refractivity contribution in [3.05, 3.63) is 72.3 Å². The molecule has 2 heterocycles. The third-order valence-corrected chi connectivity index (χ3v) is 4.25. The average Bonchev–Trinajstić information content (AvgIpc) is 3.28. The van der Waals surface area contributed by atoms with E-state index in [9.17, 15) is 4.79 Å². The summed E-state index contributed by atoms with van der Waals surface area (Å²) in [6, 6.07) is 9.67. The molecule has 3 aromatic rings. The summed E-state index contributed by atoms with van der Waals surface area (Å²) in [7, 11) is 0. The van der Waals surface area contributed by atoms with Crippen LogP contribution in [-0.4, -0.2) is 40.8 Å². The number of carbonyl (C=O) groups is 1. The second-order valence-electron chi connectivity index (χ2n) is 6.34. The van der Waals surface area contributed by atoms with Gasteiger partial charge in [0.1, 0.15) is 0 Å². The lowest BCUT2D eigenvalue weighted by molar-refractivity contribution is -0.111. The van der Waals surface area contributed by atoms with Crippen LogP contribution in [0.15, 0.2) is 61.2 Å². The first-order chi connectivity index (χ1) is 14.3. The van der Waals surface area contributed by atoms with E-state index in [1.54, 1.807) is 30.9 Å². The molecule has 3 N–H and O–H groups in total. The number of hydrogen-bond donors (Lipinski definition) is 3. The number of rotatable bonds is 10. The smallest absolute Gasteiger partial charge is 0.248 e. The highest BCUT2D eigenvalue weighted by atomic mass is 16.5. The van der Waals surface area contributed by atoms with E-state index in [2.05, 4.69) is 25.8 Å². The van der Waals surface area contributed by atoms with Gasteiger partial charge in [-0.25, -0.2) is 0 Å². The van der Waals surface area contributed by atoms with Crippen LogP contribution in [0.3, 0.4) is 0 Å². The first kappa shape index (κ1) is 20.4. The summed E-state index contributed by atoms with van der Waals surface area (Å²) in [5.74, 6) is -0.199. The molecule has 0 aliphatic rings. The second kappa shape index (κ2) is 10.9. The molecule has 0 aliphatic heterocycles. The lowest BCUT2D eigenvalue weighted by atomic mass is 10.0. The van der Waals surface area contributed by atoms with Crippen molar-refractivity contribution in [3.8, 4) is 11.1 Å². The highest BCUT2D eigenvalue weighted by Gasteiger charge is 2.05. The minimum atomic E-state index is -0.199. The van der Waals surface area contributed by atoms with Crippen LogP contribution in [-0.2, 0) is 16.1 Å². The van der Waals surface area contributed by atoms with Crippen LogP contribution >= 0.6 is 0 Å². The van der Waals surface area contributed by atoms with Gasteiger partial charge in [0.15, 0.2) is 0 Å². The molecule has 3 rings (SSSR count). The van der Waals surface area contributed by atoms with E-state index < -0.39 is 0 Å². The minimum absolute atomic E-state index is 0.199. The average molecular weight is 391 g/mol. The van der Waals surface area contributed by atoms with Crippen molar-refractivity contribution in [3.63, 3.8) is 0 Å². The van der Waals surface area contributed by atoms with E-state index in [0.29, 0.717) is 6.61 Å². The molecule has 29 heavy (non-hydrogen) atoms. The Morgan fingerprint density at radius 3 is 2.83 bits per heavy atom. The number of anilines is 1. The Morgan fingerprint density at radius 2 is 2.07 bits per heavy atom. The van der Waals surface area contributed by atoms with Gasteiger partial charge in [-0.05, 0) is 42.3 Å². The molecule has 0 spiro atoms. The SMILES string of the molecule is CCOCCNCc1ccc(NC(=O)/C=C/c2cnccc2-c2cn[nH]c2)cc1. The van der Waals surface area contributed by atoms with Crippen LogP contribution in [0.2, 0.25) is 0 Å². The number of nitrogens with zero attached hydrogens (tertiary/aromatic N) is 2. The second-order valence-corrected chi connectivity index (χ2v) is 6.34. The van der Waals surface area contributed by atoms with E-state index in [4.69, 9.17) is 4.74 Å². The van der Waals surface area contributed by atoms with Gasteiger partial charge in [0, 0.05) is 61.2 Å². The summed E-state index contributed by atoms with van der Waals surface area (Å²) in [6.45, 7) is 4.99. The summed E-state index contributed by atoms with van der Waals surface area (Å²) in [6.07, 6.45) is 10.2. The van der Waals surface area contributed by atoms with Crippen molar-refractivity contribution in [2.75, 3.05) is 25.1 Å². The molecular formula is C22H25N5O2. The summed E-state index contributed by atoms with van der Waals surface area (Å²) in [4.78, 5) is 16.4. The Hall–Kier alpha value is -3.29. The molecule has 1 amide bonds. The predicted molar refractivity (Wildman–Crippen MR) is 114 cm³/mol. The van der Waals surface area contributed by atoms with Gasteiger partial charge < -0.3 is 15.4 Å². The molecular weight excluding hydrogens is 366 g/mol. The lowest BCUT2D eigenvalue weighted by Gasteiger charge is -2.07. The van der Waals surface area contributed by atoms with E-state index in [0.717, 1.165) is 47.6 Å². The van der Waals surface area contributed by atoms with Crippen molar-refractivity contribution < 1.29 is 9.53 Å². The summed E-state index contributed by atoms with van der Waals surface area (Å²) in [5.41, 5.74) is 4.64. The number of H-pyrrole nitrogens is 1. The van der Waals surface area contributed by atoms with Gasteiger partial charge in [-0.3, -0.25) is 14.9 Å². The molecule has 150 valence electrons. The van der Waals surface area contributed by atoms with Crippen LogP contribution in [0.1, 0.15) is 18.1 Å². The van der Waals surface area contributed by atoms with Gasteiger partial charge in [0.2, 0.25) is 5.91 Å². The number of aromatic amines is 1. The van der Waals surface area contributed by atoms with Gasteiger partial charge in [-0.1, -0.05) is 12.1 Å². The molecule has 2 aromatic heterocycles. The molecule has 0 radical (unpaired) electrons. The first-order valence-electron chi connectivity index (χ1n) is 9.56. The van der Waals surface area contributed by atoms with Crippen molar-refractivity contribution in [1.82, 2.24) is 20.5 Å². The van der Waals surface area contributed by atoms with Gasteiger partial charge in [-0.2, -0.15) is 5.10 Å². The van der Waals surface area contributed by atoms with Crippen molar-refractivity contribution in [1.29, 1.82) is 0 Å². The molecule has 0 saturated heterocycles. The van der Waals surface area contributed by atoms with Crippen LogP contribution in [0.4, 0.5) is 5.69 Å². The molecule has 0 bridgehead atoms. The fraction of sp³-hybridized carbons (Fsp3) is 0.227.